The zero-order valence-electron chi connectivity index (χ0n) is 15.8. The number of nitrogens with one attached hydrogen (secondary N) is 2. The van der Waals surface area contributed by atoms with Crippen LogP contribution in [0, 0.1) is 11.6 Å². The first-order chi connectivity index (χ1) is 14.3. The molecule has 1 heterocycles. The van der Waals surface area contributed by atoms with Crippen LogP contribution in [-0.2, 0) is 9.59 Å². The number of anilines is 2. The zero-order valence-corrected chi connectivity index (χ0v) is 17.4. The van der Waals surface area contributed by atoms with Gasteiger partial charge in [-0.2, -0.15) is 0 Å². The smallest absolute Gasteiger partial charge is 0.240 e. The number of aromatic nitrogens is 1. The number of thiazole rings is 1. The topological polar surface area (TPSA) is 74.3 Å². The molecule has 0 saturated heterocycles. The van der Waals surface area contributed by atoms with Crippen LogP contribution in [0.25, 0.3) is 11.3 Å². The third kappa shape index (κ3) is 6.06. The van der Waals surface area contributed by atoms with Crippen molar-refractivity contribution in [3.63, 3.8) is 0 Å². The van der Waals surface area contributed by atoms with E-state index in [1.165, 1.54) is 6.07 Å². The van der Waals surface area contributed by atoms with Crippen LogP contribution in [0.15, 0.2) is 47.8 Å². The molecule has 10 heteroatoms. The highest BCUT2D eigenvalue weighted by Crippen LogP contribution is 2.26. The second kappa shape index (κ2) is 9.75. The van der Waals surface area contributed by atoms with Gasteiger partial charge in [0.2, 0.25) is 11.8 Å². The van der Waals surface area contributed by atoms with Crippen molar-refractivity contribution in [3.8, 4) is 11.3 Å². The summed E-state index contributed by atoms with van der Waals surface area (Å²) >= 11 is 6.96. The van der Waals surface area contributed by atoms with Gasteiger partial charge in [0.05, 0.1) is 18.8 Å². The normalized spacial score (nSPS) is 10.8. The van der Waals surface area contributed by atoms with E-state index in [-0.39, 0.29) is 24.9 Å². The minimum absolute atomic E-state index is 0.00796. The van der Waals surface area contributed by atoms with Gasteiger partial charge in [0.15, 0.2) is 16.8 Å². The number of nitrogens with zero attached hydrogens (tertiary/aromatic N) is 2. The Balaban J connectivity index is 1.50. The summed E-state index contributed by atoms with van der Waals surface area (Å²) in [6.07, 6.45) is 0. The molecule has 0 spiro atoms. The molecule has 2 aromatic carbocycles. The van der Waals surface area contributed by atoms with Gasteiger partial charge in [-0.25, -0.2) is 13.8 Å². The molecule has 2 N–H and O–H groups in total. The molecule has 6 nitrogen and oxygen atoms in total. The van der Waals surface area contributed by atoms with Crippen molar-refractivity contribution in [2.75, 3.05) is 30.8 Å². The number of hydrogen-bond donors (Lipinski definition) is 2. The third-order valence-electron chi connectivity index (χ3n) is 3.92. The minimum atomic E-state index is -0.968. The number of likely N-dealkylation sites (N-methyl/N-ethyl adjacent to an activating group) is 1. The van der Waals surface area contributed by atoms with Crippen molar-refractivity contribution < 1.29 is 18.4 Å². The first-order valence-electron chi connectivity index (χ1n) is 8.75. The van der Waals surface area contributed by atoms with Gasteiger partial charge in [-0.05, 0) is 49.5 Å². The van der Waals surface area contributed by atoms with Gasteiger partial charge in [-0.1, -0.05) is 11.6 Å². The summed E-state index contributed by atoms with van der Waals surface area (Å²) in [4.78, 5) is 30.0. The zero-order chi connectivity index (χ0) is 21.7. The lowest BCUT2D eigenvalue weighted by atomic mass is 10.2. The first-order valence-corrected chi connectivity index (χ1v) is 10.0. The van der Waals surface area contributed by atoms with Crippen molar-refractivity contribution in [1.29, 1.82) is 0 Å². The monoisotopic (exact) mass is 450 g/mol. The molecule has 0 fully saturated rings. The average Bonchev–Trinajstić information content (AvgIpc) is 3.13. The van der Waals surface area contributed by atoms with Gasteiger partial charge in [0.25, 0.3) is 0 Å². The molecule has 0 saturated carbocycles. The maximum atomic E-state index is 13.4. The molecule has 0 unspecified atom stereocenters. The second-order valence-corrected chi connectivity index (χ2v) is 7.74. The Bertz CT molecular complexity index is 1060. The molecule has 3 rings (SSSR count). The van der Waals surface area contributed by atoms with Crippen LogP contribution >= 0.6 is 22.9 Å². The molecule has 0 aliphatic heterocycles. The second-order valence-electron chi connectivity index (χ2n) is 6.44. The van der Waals surface area contributed by atoms with E-state index in [1.807, 2.05) is 0 Å². The van der Waals surface area contributed by atoms with Crippen LogP contribution in [0.1, 0.15) is 0 Å². The third-order valence-corrected chi connectivity index (χ3v) is 4.93. The summed E-state index contributed by atoms with van der Waals surface area (Å²) in [6, 6.07) is 10.2. The van der Waals surface area contributed by atoms with Gasteiger partial charge in [-0.15, -0.1) is 11.3 Å². The van der Waals surface area contributed by atoms with Gasteiger partial charge in [0.1, 0.15) is 0 Å². The SMILES string of the molecule is CN(CC(=O)Nc1ccc(Cl)cc1)CC(=O)Nc1nc(-c2ccc(F)c(F)c2)cs1. The van der Waals surface area contributed by atoms with E-state index in [0.717, 1.165) is 23.5 Å². The lowest BCUT2D eigenvalue weighted by Crippen LogP contribution is -2.36. The van der Waals surface area contributed by atoms with Crippen LogP contribution in [0.2, 0.25) is 5.02 Å². The maximum Gasteiger partial charge on any atom is 0.240 e. The van der Waals surface area contributed by atoms with Crippen molar-refractivity contribution in [2.45, 2.75) is 0 Å². The van der Waals surface area contributed by atoms with Gasteiger partial charge in [0, 0.05) is 21.7 Å². The van der Waals surface area contributed by atoms with Crippen LogP contribution < -0.4 is 10.6 Å². The number of benzene rings is 2. The molecule has 0 aliphatic carbocycles. The summed E-state index contributed by atoms with van der Waals surface area (Å²) in [5.41, 5.74) is 1.43. The fraction of sp³-hybridized carbons (Fsp3) is 0.150. The molecular formula is C20H17ClF2N4O2S. The van der Waals surface area contributed by atoms with E-state index in [9.17, 15) is 18.4 Å². The fourth-order valence-electron chi connectivity index (χ4n) is 2.56. The van der Waals surface area contributed by atoms with Crippen LogP contribution in [0.4, 0.5) is 19.6 Å². The van der Waals surface area contributed by atoms with Crippen LogP contribution in [-0.4, -0.2) is 41.8 Å². The number of amides is 2. The Morgan fingerprint density at radius 3 is 2.37 bits per heavy atom. The van der Waals surface area contributed by atoms with Crippen molar-refractivity contribution in [3.05, 3.63) is 64.5 Å². The molecule has 0 aliphatic rings. The number of halogens is 3. The standard InChI is InChI=1S/C20H17ClF2N4O2S/c1-27(9-18(28)24-14-5-3-13(21)4-6-14)10-19(29)26-20-25-17(11-30-20)12-2-7-15(22)16(23)8-12/h2-8,11H,9-10H2,1H3,(H,24,28)(H,25,26,29). The molecule has 0 atom stereocenters. The maximum absolute atomic E-state index is 13.4. The fourth-order valence-corrected chi connectivity index (χ4v) is 3.42. The minimum Gasteiger partial charge on any atom is -0.325 e. The first kappa shape index (κ1) is 21.8. The Morgan fingerprint density at radius 2 is 1.70 bits per heavy atom. The van der Waals surface area contributed by atoms with E-state index in [4.69, 9.17) is 11.6 Å². The highest BCUT2D eigenvalue weighted by molar-refractivity contribution is 7.14. The molecule has 2 amide bonds. The van der Waals surface area contributed by atoms with Gasteiger partial charge >= 0.3 is 0 Å². The number of carbonyl (C=O) groups excluding carboxylic acids is 2. The summed E-state index contributed by atoms with van der Waals surface area (Å²) < 4.78 is 26.4. The summed E-state index contributed by atoms with van der Waals surface area (Å²) in [7, 11) is 1.63. The van der Waals surface area contributed by atoms with Crippen molar-refractivity contribution in [1.82, 2.24) is 9.88 Å². The Morgan fingerprint density at radius 1 is 1.03 bits per heavy atom. The molecular weight excluding hydrogens is 434 g/mol. The Hall–Kier alpha value is -2.88. The summed E-state index contributed by atoms with van der Waals surface area (Å²) in [5, 5.41) is 7.86. The van der Waals surface area contributed by atoms with E-state index in [0.29, 0.717) is 27.1 Å². The van der Waals surface area contributed by atoms with E-state index < -0.39 is 11.6 Å². The van der Waals surface area contributed by atoms with E-state index >= 15 is 0 Å². The predicted molar refractivity (Wildman–Crippen MR) is 114 cm³/mol. The Labute approximate surface area is 180 Å². The lowest BCUT2D eigenvalue weighted by molar-refractivity contribution is -0.119. The average molecular weight is 451 g/mol. The summed E-state index contributed by atoms with van der Waals surface area (Å²) in [6.45, 7) is -0.0256. The highest BCUT2D eigenvalue weighted by atomic mass is 35.5. The van der Waals surface area contributed by atoms with Crippen LogP contribution in [0.5, 0.6) is 0 Å². The molecule has 0 bridgehead atoms. The summed E-state index contributed by atoms with van der Waals surface area (Å²) in [5.74, 6) is -2.54. The molecule has 3 aromatic rings. The highest BCUT2D eigenvalue weighted by Gasteiger charge is 2.14. The lowest BCUT2D eigenvalue weighted by Gasteiger charge is -2.15. The van der Waals surface area contributed by atoms with Crippen molar-refractivity contribution in [2.24, 2.45) is 0 Å². The Kier molecular flexibility index (Phi) is 7.09. The number of hydrogen-bond acceptors (Lipinski definition) is 5. The quantitative estimate of drug-likeness (QED) is 0.564. The van der Waals surface area contributed by atoms with Gasteiger partial charge < -0.3 is 10.6 Å². The molecule has 156 valence electrons. The van der Waals surface area contributed by atoms with Crippen molar-refractivity contribution >= 4 is 45.6 Å². The number of rotatable bonds is 7. The van der Waals surface area contributed by atoms with E-state index in [1.54, 1.807) is 41.6 Å². The molecule has 30 heavy (non-hydrogen) atoms. The largest absolute Gasteiger partial charge is 0.325 e. The van der Waals surface area contributed by atoms with E-state index in [2.05, 4.69) is 15.6 Å². The molecule has 0 radical (unpaired) electrons. The van der Waals surface area contributed by atoms with Crippen LogP contribution in [0.3, 0.4) is 0 Å². The predicted octanol–water partition coefficient (Wildman–Crippen LogP) is 4.25. The number of carbonyl (C=O) groups is 2. The van der Waals surface area contributed by atoms with Gasteiger partial charge in [-0.3, -0.25) is 14.5 Å². The molecule has 1 aromatic heterocycles.